The van der Waals surface area contributed by atoms with Crippen molar-refractivity contribution in [1.82, 2.24) is 10.6 Å². The van der Waals surface area contributed by atoms with Gasteiger partial charge in [-0.25, -0.2) is 9.59 Å². The Morgan fingerprint density at radius 2 is 1.52 bits per heavy atom. The number of guanidine groups is 1. The third-order valence-electron chi connectivity index (χ3n) is 7.10. The van der Waals surface area contributed by atoms with E-state index in [-0.39, 0.29) is 43.5 Å². The molecule has 0 fully saturated rings. The number of amides is 3. The number of alkyl halides is 3. The number of anilines is 1. The van der Waals surface area contributed by atoms with Crippen molar-refractivity contribution in [3.05, 3.63) is 88.4 Å². The molecule has 3 aromatic carbocycles. The Morgan fingerprint density at radius 3 is 2.10 bits per heavy atom. The van der Waals surface area contributed by atoms with Crippen LogP contribution < -0.4 is 25.0 Å². The minimum atomic E-state index is -4.60. The summed E-state index contributed by atoms with van der Waals surface area (Å²) in [6.07, 6.45) is -6.62. The Balaban J connectivity index is 1.37. The first kappa shape index (κ1) is 39.8. The first-order valence-corrected chi connectivity index (χ1v) is 16.8. The van der Waals surface area contributed by atoms with Crippen molar-refractivity contribution < 1.29 is 46.5 Å². The third kappa shape index (κ3) is 12.4. The molecule has 1 unspecified atom stereocenters. The van der Waals surface area contributed by atoms with Gasteiger partial charge in [-0.05, 0) is 102 Å². The number of carbonyl (C=O) groups excluding carboxylic acids is 3. The summed E-state index contributed by atoms with van der Waals surface area (Å²) < 4.78 is 62.9. The number of aliphatic imine (C=N–C) groups is 1. The van der Waals surface area contributed by atoms with E-state index in [1.54, 1.807) is 77.9 Å². The Bertz CT molecular complexity index is 1740. The van der Waals surface area contributed by atoms with Gasteiger partial charge < -0.3 is 23.8 Å². The number of hydrogen-bond donors (Lipinski definition) is 2. The highest BCUT2D eigenvalue weighted by molar-refractivity contribution is 6.30. The second-order valence-corrected chi connectivity index (χ2v) is 14.3. The van der Waals surface area contributed by atoms with Crippen molar-refractivity contribution in [1.29, 1.82) is 0 Å². The van der Waals surface area contributed by atoms with Crippen LogP contribution in [-0.2, 0) is 33.4 Å². The van der Waals surface area contributed by atoms with Gasteiger partial charge in [0.25, 0.3) is 5.91 Å². The average Bonchev–Trinajstić information content (AvgIpc) is 3.01. The maximum absolute atomic E-state index is 13.6. The van der Waals surface area contributed by atoms with Gasteiger partial charge in [0.2, 0.25) is 5.96 Å². The van der Waals surface area contributed by atoms with Crippen LogP contribution in [0.3, 0.4) is 0 Å². The molecule has 1 heterocycles. The molecule has 1 aliphatic heterocycles. The summed E-state index contributed by atoms with van der Waals surface area (Å²) in [5.74, 6) is 0.0308. The Morgan fingerprint density at radius 1 is 0.885 bits per heavy atom. The van der Waals surface area contributed by atoms with Crippen LogP contribution in [0.15, 0.2) is 71.7 Å². The number of halogens is 4. The molecule has 0 aliphatic carbocycles. The van der Waals surface area contributed by atoms with E-state index in [4.69, 9.17) is 30.5 Å². The van der Waals surface area contributed by atoms with E-state index < -0.39 is 47.1 Å². The van der Waals surface area contributed by atoms with Gasteiger partial charge in [-0.2, -0.15) is 13.2 Å². The molecule has 1 aliphatic rings. The van der Waals surface area contributed by atoms with Gasteiger partial charge in [0.1, 0.15) is 22.7 Å². The predicted molar refractivity (Wildman–Crippen MR) is 190 cm³/mol. The molecule has 3 amide bonds. The van der Waals surface area contributed by atoms with Crippen molar-refractivity contribution >= 4 is 41.3 Å². The lowest BCUT2D eigenvalue weighted by Crippen LogP contribution is -2.47. The molecule has 0 saturated carbocycles. The monoisotopic (exact) mass is 746 g/mol. The quantitative estimate of drug-likeness (QED) is 0.168. The average molecular weight is 747 g/mol. The number of rotatable bonds is 9. The van der Waals surface area contributed by atoms with Gasteiger partial charge in [-0.15, -0.1) is 0 Å². The largest absolute Gasteiger partial charge is 0.493 e. The second kappa shape index (κ2) is 16.6. The minimum absolute atomic E-state index is 0.00441. The number of alkyl carbamates (subject to hydrolysis) is 2. The third-order valence-corrected chi connectivity index (χ3v) is 7.33. The SMILES string of the molecule is CC(C)(C)OC(=O)NC(=NCCc1ccc(OCCC2Oc3ccc(C(F)(F)F)cc3N(Cc3cccc(Cl)c3)C2=O)cc1)NC(=O)OC(C)(C)C. The van der Waals surface area contributed by atoms with Gasteiger partial charge in [-0.1, -0.05) is 35.9 Å². The molecule has 0 aromatic heterocycles. The lowest BCUT2D eigenvalue weighted by molar-refractivity contribution is -0.137. The molecule has 280 valence electrons. The topological polar surface area (TPSA) is 128 Å². The highest BCUT2D eigenvalue weighted by atomic mass is 35.5. The van der Waals surface area contributed by atoms with E-state index in [2.05, 4.69) is 15.6 Å². The van der Waals surface area contributed by atoms with Crippen molar-refractivity contribution in [2.45, 2.75) is 84.4 Å². The molecule has 0 radical (unpaired) electrons. The van der Waals surface area contributed by atoms with Gasteiger partial charge in [0.15, 0.2) is 6.10 Å². The molecule has 0 bridgehead atoms. The number of fused-ring (bicyclic) bond motifs is 1. The second-order valence-electron chi connectivity index (χ2n) is 13.9. The zero-order valence-electron chi connectivity index (χ0n) is 29.7. The van der Waals surface area contributed by atoms with E-state index in [0.717, 1.165) is 17.7 Å². The van der Waals surface area contributed by atoms with Crippen LogP contribution in [0.25, 0.3) is 0 Å². The summed E-state index contributed by atoms with van der Waals surface area (Å²) in [5.41, 5.74) is -0.894. The smallest absolute Gasteiger partial charge is 0.416 e. The number of hydrogen-bond acceptors (Lipinski definition) is 8. The van der Waals surface area contributed by atoms with Crippen LogP contribution in [0.5, 0.6) is 11.5 Å². The molecular formula is C37H42ClF3N4O7. The molecule has 4 rings (SSSR count). The van der Waals surface area contributed by atoms with Crippen LogP contribution in [0.1, 0.15) is 64.7 Å². The molecule has 0 saturated heterocycles. The summed E-state index contributed by atoms with van der Waals surface area (Å²) in [6.45, 7) is 10.5. The standard InChI is InChI=1S/C37H42ClF3N4O7/c1-35(2,3)51-33(47)43-32(44-34(48)52-36(4,5)6)42-18-16-23-10-13-27(14-11-23)49-19-17-30-31(46)45(22-24-8-7-9-26(38)20-24)28-21-25(37(39,40)41)12-15-29(28)50-30/h7-15,20-21,30H,16-19,22H2,1-6H3,(H2,42,43,44,47,48). The Hall–Kier alpha value is -4.98. The summed E-state index contributed by atoms with van der Waals surface area (Å²) in [6, 6.07) is 16.9. The molecule has 15 heteroatoms. The summed E-state index contributed by atoms with van der Waals surface area (Å²) in [7, 11) is 0. The van der Waals surface area contributed by atoms with Gasteiger partial charge in [0, 0.05) is 18.0 Å². The van der Waals surface area contributed by atoms with Gasteiger partial charge >= 0.3 is 18.4 Å². The fourth-order valence-corrected chi connectivity index (χ4v) is 5.12. The van der Waals surface area contributed by atoms with Crippen molar-refractivity contribution in [3.8, 4) is 11.5 Å². The molecule has 1 atom stereocenters. The number of carbonyl (C=O) groups is 3. The molecular weight excluding hydrogens is 705 g/mol. The maximum Gasteiger partial charge on any atom is 0.416 e. The van der Waals surface area contributed by atoms with Crippen molar-refractivity contribution in [2.75, 3.05) is 18.1 Å². The van der Waals surface area contributed by atoms with Gasteiger partial charge in [-0.3, -0.25) is 20.4 Å². The lowest BCUT2D eigenvalue weighted by Gasteiger charge is -2.35. The normalized spacial score (nSPS) is 14.5. The number of ether oxygens (including phenoxy) is 4. The molecule has 52 heavy (non-hydrogen) atoms. The van der Waals surface area contributed by atoms with Crippen LogP contribution in [-0.4, -0.2) is 54.5 Å². The maximum atomic E-state index is 13.6. The zero-order chi connectivity index (χ0) is 38.3. The van der Waals surface area contributed by atoms with E-state index in [9.17, 15) is 27.6 Å². The summed E-state index contributed by atoms with van der Waals surface area (Å²) in [5, 5.41) is 5.31. The number of nitrogens with zero attached hydrogens (tertiary/aromatic N) is 2. The Kier molecular flexibility index (Phi) is 12.7. The first-order chi connectivity index (χ1) is 24.3. The molecule has 3 aromatic rings. The molecule has 11 nitrogen and oxygen atoms in total. The zero-order valence-corrected chi connectivity index (χ0v) is 30.5. The Labute approximate surface area is 305 Å². The predicted octanol–water partition coefficient (Wildman–Crippen LogP) is 8.07. The van der Waals surface area contributed by atoms with E-state index >= 15 is 0 Å². The molecule has 0 spiro atoms. The van der Waals surface area contributed by atoms with Crippen LogP contribution in [0, 0.1) is 0 Å². The summed E-state index contributed by atoms with van der Waals surface area (Å²) >= 11 is 6.12. The van der Waals surface area contributed by atoms with E-state index in [0.29, 0.717) is 22.8 Å². The first-order valence-electron chi connectivity index (χ1n) is 16.5. The summed E-state index contributed by atoms with van der Waals surface area (Å²) in [4.78, 5) is 43.8. The fraction of sp³-hybridized carbons (Fsp3) is 0.405. The molecule has 2 N–H and O–H groups in total. The van der Waals surface area contributed by atoms with Gasteiger partial charge in [0.05, 0.1) is 24.4 Å². The fourth-order valence-electron chi connectivity index (χ4n) is 4.91. The van der Waals surface area contributed by atoms with E-state index in [1.165, 1.54) is 11.0 Å². The van der Waals surface area contributed by atoms with Crippen molar-refractivity contribution in [2.24, 2.45) is 4.99 Å². The minimum Gasteiger partial charge on any atom is -0.493 e. The number of nitrogens with one attached hydrogen (secondary N) is 2. The lowest BCUT2D eigenvalue weighted by atomic mass is 10.1. The van der Waals surface area contributed by atoms with Crippen LogP contribution >= 0.6 is 11.6 Å². The van der Waals surface area contributed by atoms with Crippen LogP contribution in [0.2, 0.25) is 5.02 Å². The number of benzene rings is 3. The van der Waals surface area contributed by atoms with Crippen LogP contribution in [0.4, 0.5) is 28.4 Å². The highest BCUT2D eigenvalue weighted by Gasteiger charge is 2.38. The van der Waals surface area contributed by atoms with E-state index in [1.807, 2.05) is 12.1 Å². The highest BCUT2D eigenvalue weighted by Crippen LogP contribution is 2.40. The van der Waals surface area contributed by atoms with Crippen molar-refractivity contribution in [3.63, 3.8) is 0 Å².